The van der Waals surface area contributed by atoms with Crippen molar-refractivity contribution in [1.29, 1.82) is 0 Å². The number of benzene rings is 1. The van der Waals surface area contributed by atoms with Gasteiger partial charge in [-0.05, 0) is 38.1 Å². The van der Waals surface area contributed by atoms with Crippen LogP contribution in [-0.4, -0.2) is 19.5 Å². The first-order valence-electron chi connectivity index (χ1n) is 5.16. The number of carbonyl (C=O) groups excluding carboxylic acids is 1. The van der Waals surface area contributed by atoms with Crippen LogP contribution < -0.4 is 10.6 Å². The van der Waals surface area contributed by atoms with Crippen LogP contribution in [0.3, 0.4) is 0 Å². The Morgan fingerprint density at radius 1 is 1.33 bits per heavy atom. The Balaban J connectivity index is 2.64. The van der Waals surface area contributed by atoms with E-state index in [1.165, 1.54) is 5.56 Å². The second kappa shape index (κ2) is 5.51. The number of hydrogen-bond donors (Lipinski definition) is 2. The van der Waals surface area contributed by atoms with Gasteiger partial charge in [-0.25, -0.2) is 0 Å². The summed E-state index contributed by atoms with van der Waals surface area (Å²) in [5.74, 6) is 0.0538. The lowest BCUT2D eigenvalue weighted by atomic mass is 10.1. The summed E-state index contributed by atoms with van der Waals surface area (Å²) in [7, 11) is 1.84. The Hall–Kier alpha value is -1.35. The van der Waals surface area contributed by atoms with Crippen LogP contribution in [0.1, 0.15) is 17.5 Å². The number of nitrogens with one attached hydrogen (secondary N) is 2. The van der Waals surface area contributed by atoms with E-state index in [1.807, 2.05) is 39.1 Å². The normalized spacial score (nSPS) is 10.1. The minimum absolute atomic E-state index is 0.0538. The van der Waals surface area contributed by atoms with E-state index < -0.39 is 0 Å². The van der Waals surface area contributed by atoms with Gasteiger partial charge in [-0.15, -0.1) is 0 Å². The molecule has 15 heavy (non-hydrogen) atoms. The highest BCUT2D eigenvalue weighted by Gasteiger charge is 2.04. The molecule has 0 bridgehead atoms. The van der Waals surface area contributed by atoms with E-state index in [-0.39, 0.29) is 5.91 Å². The molecule has 0 atom stereocenters. The number of amides is 1. The molecule has 3 heteroatoms. The van der Waals surface area contributed by atoms with E-state index in [9.17, 15) is 4.79 Å². The zero-order valence-electron chi connectivity index (χ0n) is 9.55. The minimum atomic E-state index is 0.0538. The maximum atomic E-state index is 11.5. The van der Waals surface area contributed by atoms with Gasteiger partial charge in [0.1, 0.15) is 0 Å². The maximum Gasteiger partial charge on any atom is 0.225 e. The van der Waals surface area contributed by atoms with Crippen molar-refractivity contribution in [3.8, 4) is 0 Å². The van der Waals surface area contributed by atoms with Crippen molar-refractivity contribution in [3.63, 3.8) is 0 Å². The van der Waals surface area contributed by atoms with Crippen LogP contribution in [0.2, 0.25) is 0 Å². The Kier molecular flexibility index (Phi) is 4.31. The molecule has 0 aromatic heterocycles. The highest BCUT2D eigenvalue weighted by molar-refractivity contribution is 5.91. The van der Waals surface area contributed by atoms with Crippen molar-refractivity contribution in [3.05, 3.63) is 29.3 Å². The fourth-order valence-corrected chi connectivity index (χ4v) is 1.34. The third-order valence-corrected chi connectivity index (χ3v) is 2.48. The third kappa shape index (κ3) is 3.36. The van der Waals surface area contributed by atoms with Crippen LogP contribution in [0.15, 0.2) is 18.2 Å². The quantitative estimate of drug-likeness (QED) is 0.789. The summed E-state index contributed by atoms with van der Waals surface area (Å²) in [4.78, 5) is 11.5. The number of hydrogen-bond acceptors (Lipinski definition) is 2. The van der Waals surface area contributed by atoms with E-state index in [1.54, 1.807) is 0 Å². The van der Waals surface area contributed by atoms with Gasteiger partial charge < -0.3 is 10.6 Å². The molecule has 1 amide bonds. The van der Waals surface area contributed by atoms with Crippen molar-refractivity contribution in [2.24, 2.45) is 0 Å². The highest BCUT2D eigenvalue weighted by atomic mass is 16.1. The third-order valence-electron chi connectivity index (χ3n) is 2.48. The van der Waals surface area contributed by atoms with Crippen molar-refractivity contribution >= 4 is 11.6 Å². The second-order valence-corrected chi connectivity index (χ2v) is 3.65. The fourth-order valence-electron chi connectivity index (χ4n) is 1.34. The molecule has 1 aromatic rings. The van der Waals surface area contributed by atoms with Crippen LogP contribution in [0, 0.1) is 13.8 Å². The average molecular weight is 206 g/mol. The lowest BCUT2D eigenvalue weighted by molar-refractivity contribution is -0.116. The standard InChI is InChI=1S/C12H18N2O/c1-9-5-4-6-11(10(9)2)14-12(15)7-8-13-3/h4-6,13H,7-8H2,1-3H3,(H,14,15). The van der Waals surface area contributed by atoms with Gasteiger partial charge in [-0.3, -0.25) is 4.79 Å². The van der Waals surface area contributed by atoms with Gasteiger partial charge in [0, 0.05) is 18.7 Å². The van der Waals surface area contributed by atoms with Crippen molar-refractivity contribution in [2.75, 3.05) is 18.9 Å². The minimum Gasteiger partial charge on any atom is -0.326 e. The topological polar surface area (TPSA) is 41.1 Å². The zero-order chi connectivity index (χ0) is 11.3. The molecule has 0 spiro atoms. The molecule has 3 nitrogen and oxygen atoms in total. The Labute approximate surface area is 90.9 Å². The summed E-state index contributed by atoms with van der Waals surface area (Å²) in [6.45, 7) is 4.76. The molecule has 82 valence electrons. The van der Waals surface area contributed by atoms with Crippen molar-refractivity contribution < 1.29 is 4.79 Å². The number of anilines is 1. The Bertz CT molecular complexity index is 347. The Morgan fingerprint density at radius 2 is 2.07 bits per heavy atom. The summed E-state index contributed by atoms with van der Waals surface area (Å²) in [6.07, 6.45) is 0.504. The summed E-state index contributed by atoms with van der Waals surface area (Å²) in [5, 5.41) is 5.86. The summed E-state index contributed by atoms with van der Waals surface area (Å²) >= 11 is 0. The smallest absolute Gasteiger partial charge is 0.225 e. The first-order valence-corrected chi connectivity index (χ1v) is 5.16. The van der Waals surface area contributed by atoms with Crippen molar-refractivity contribution in [2.45, 2.75) is 20.3 Å². The van der Waals surface area contributed by atoms with Gasteiger partial charge in [0.2, 0.25) is 5.91 Å². The van der Waals surface area contributed by atoms with Gasteiger partial charge in [0.25, 0.3) is 0 Å². The predicted octanol–water partition coefficient (Wildman–Crippen LogP) is 1.85. The first kappa shape index (κ1) is 11.7. The monoisotopic (exact) mass is 206 g/mol. The highest BCUT2D eigenvalue weighted by Crippen LogP contribution is 2.17. The Morgan fingerprint density at radius 3 is 2.73 bits per heavy atom. The SMILES string of the molecule is CNCCC(=O)Nc1cccc(C)c1C. The van der Waals surface area contributed by atoms with Crippen LogP contribution >= 0.6 is 0 Å². The van der Waals surface area contributed by atoms with Gasteiger partial charge in [0.05, 0.1) is 0 Å². The van der Waals surface area contributed by atoms with Gasteiger partial charge in [0.15, 0.2) is 0 Å². The summed E-state index contributed by atoms with van der Waals surface area (Å²) in [6, 6.07) is 5.92. The molecule has 1 aromatic carbocycles. The van der Waals surface area contributed by atoms with Crippen LogP contribution in [0.5, 0.6) is 0 Å². The fraction of sp³-hybridized carbons (Fsp3) is 0.417. The van der Waals surface area contributed by atoms with E-state index in [0.29, 0.717) is 13.0 Å². The average Bonchev–Trinajstić information content (AvgIpc) is 2.22. The predicted molar refractivity (Wildman–Crippen MR) is 63.1 cm³/mol. The molecule has 0 saturated carbocycles. The van der Waals surface area contributed by atoms with Crippen LogP contribution in [0.4, 0.5) is 5.69 Å². The zero-order valence-corrected chi connectivity index (χ0v) is 9.55. The van der Waals surface area contributed by atoms with E-state index >= 15 is 0 Å². The molecule has 1 rings (SSSR count). The van der Waals surface area contributed by atoms with Gasteiger partial charge >= 0.3 is 0 Å². The van der Waals surface area contributed by atoms with Crippen LogP contribution in [-0.2, 0) is 4.79 Å². The van der Waals surface area contributed by atoms with Crippen LogP contribution in [0.25, 0.3) is 0 Å². The summed E-state index contributed by atoms with van der Waals surface area (Å²) in [5.41, 5.74) is 3.24. The molecular weight excluding hydrogens is 188 g/mol. The van der Waals surface area contributed by atoms with Crippen molar-refractivity contribution in [1.82, 2.24) is 5.32 Å². The largest absolute Gasteiger partial charge is 0.326 e. The molecule has 0 saturated heterocycles. The molecule has 0 radical (unpaired) electrons. The molecule has 2 N–H and O–H groups in total. The van der Waals surface area contributed by atoms with E-state index in [4.69, 9.17) is 0 Å². The maximum absolute atomic E-state index is 11.5. The second-order valence-electron chi connectivity index (χ2n) is 3.65. The summed E-state index contributed by atoms with van der Waals surface area (Å²) < 4.78 is 0. The molecule has 0 fully saturated rings. The lowest BCUT2D eigenvalue weighted by Gasteiger charge is -2.09. The first-order chi connectivity index (χ1) is 7.15. The van der Waals surface area contributed by atoms with E-state index in [0.717, 1.165) is 11.3 Å². The van der Waals surface area contributed by atoms with Gasteiger partial charge in [-0.2, -0.15) is 0 Å². The lowest BCUT2D eigenvalue weighted by Crippen LogP contribution is -2.19. The molecular formula is C12H18N2O. The molecule has 0 aliphatic carbocycles. The molecule has 0 unspecified atom stereocenters. The number of aryl methyl sites for hydroxylation is 1. The van der Waals surface area contributed by atoms with Gasteiger partial charge in [-0.1, -0.05) is 12.1 Å². The number of carbonyl (C=O) groups is 1. The van der Waals surface area contributed by atoms with E-state index in [2.05, 4.69) is 10.6 Å². The molecule has 0 aliphatic heterocycles. The molecule has 0 aliphatic rings. The molecule has 0 heterocycles. The number of rotatable bonds is 4.